The molecule has 3 atom stereocenters. The maximum Gasteiger partial charge on any atom is 0.328 e. The van der Waals surface area contributed by atoms with Crippen LogP contribution in [0.2, 0.25) is 0 Å². The van der Waals surface area contributed by atoms with Crippen molar-refractivity contribution in [1.82, 2.24) is 9.88 Å². The molecule has 1 saturated heterocycles. The molecule has 1 aliphatic carbocycles. The fourth-order valence-corrected chi connectivity index (χ4v) is 6.10. The zero-order valence-electron chi connectivity index (χ0n) is 18.7. The van der Waals surface area contributed by atoms with E-state index in [9.17, 15) is 9.59 Å². The van der Waals surface area contributed by atoms with Crippen molar-refractivity contribution in [2.75, 3.05) is 13.6 Å². The largest absolute Gasteiger partial charge is 0.478 e. The zero-order valence-corrected chi connectivity index (χ0v) is 19.5. The lowest BCUT2D eigenvalue weighted by Gasteiger charge is -2.45. The molecule has 0 spiro atoms. The summed E-state index contributed by atoms with van der Waals surface area (Å²) in [4.78, 5) is 26.7. The Morgan fingerprint density at radius 2 is 1.76 bits per heavy atom. The van der Waals surface area contributed by atoms with Crippen LogP contribution in [0.3, 0.4) is 0 Å². The average molecular weight is 465 g/mol. The third kappa shape index (κ3) is 5.15. The Kier molecular flexibility index (Phi) is 6.91. The van der Waals surface area contributed by atoms with Crippen molar-refractivity contribution >= 4 is 34.6 Å². The lowest BCUT2D eigenvalue weighted by atomic mass is 9.73. The molecule has 0 bridgehead atoms. The second kappa shape index (κ2) is 9.85. The Morgan fingerprint density at radius 1 is 1.06 bits per heavy atom. The molecular weight excluding hydrogens is 436 g/mol. The number of rotatable bonds is 4. The number of hydrogen-bond donors (Lipinski definition) is 3. The number of nitrogens with zero attached hydrogens (tertiary/aromatic N) is 1. The summed E-state index contributed by atoms with van der Waals surface area (Å²) in [6.45, 7) is 3.62. The summed E-state index contributed by atoms with van der Waals surface area (Å²) < 4.78 is 0. The monoisotopic (exact) mass is 464 g/mol. The van der Waals surface area contributed by atoms with Gasteiger partial charge in [-0.25, -0.2) is 9.59 Å². The summed E-state index contributed by atoms with van der Waals surface area (Å²) in [7, 11) is 2.31. The van der Waals surface area contributed by atoms with E-state index in [1.165, 1.54) is 45.8 Å². The van der Waals surface area contributed by atoms with Gasteiger partial charge in [-0.05, 0) is 55.1 Å². The minimum absolute atomic E-state index is 0.558. The van der Waals surface area contributed by atoms with E-state index >= 15 is 0 Å². The molecule has 1 aromatic heterocycles. The number of carboxylic acids is 2. The number of carboxylic acid groups (broad SMARTS) is 2. The van der Waals surface area contributed by atoms with Crippen LogP contribution in [0.5, 0.6) is 0 Å². The van der Waals surface area contributed by atoms with E-state index in [4.69, 9.17) is 10.2 Å². The van der Waals surface area contributed by atoms with E-state index in [1.807, 2.05) is 11.8 Å². The second-order valence-corrected chi connectivity index (χ2v) is 9.87. The number of nitrogens with one attached hydrogen (secondary N) is 1. The first-order valence-corrected chi connectivity index (χ1v) is 11.9. The molecule has 1 unspecified atom stereocenters. The van der Waals surface area contributed by atoms with Gasteiger partial charge in [0, 0.05) is 46.5 Å². The Balaban J connectivity index is 0.000000281. The SMILES string of the molecule is C[C@H]1CC2c3cccc4[nH]c(Sc5ccccc5)c(c34)C[C@H]2N(C)C1.O=C(O)/C=C\C(=O)O. The van der Waals surface area contributed by atoms with Crippen LogP contribution in [0, 0.1) is 5.92 Å². The summed E-state index contributed by atoms with van der Waals surface area (Å²) >= 11 is 1.87. The molecule has 0 radical (unpaired) electrons. The van der Waals surface area contributed by atoms with Gasteiger partial charge in [0.2, 0.25) is 0 Å². The van der Waals surface area contributed by atoms with E-state index in [-0.39, 0.29) is 0 Å². The smallest absolute Gasteiger partial charge is 0.328 e. The third-order valence-electron chi connectivity index (χ3n) is 6.35. The normalized spacial score (nSPS) is 21.9. The quantitative estimate of drug-likeness (QED) is 0.470. The van der Waals surface area contributed by atoms with Crippen LogP contribution in [-0.2, 0) is 16.0 Å². The van der Waals surface area contributed by atoms with E-state index in [2.05, 4.69) is 72.4 Å². The average Bonchev–Trinajstić information content (AvgIpc) is 3.12. The first kappa shape index (κ1) is 23.1. The van der Waals surface area contributed by atoms with Crippen molar-refractivity contribution in [1.29, 1.82) is 0 Å². The molecule has 6 nitrogen and oxygen atoms in total. The summed E-state index contributed by atoms with van der Waals surface area (Å²) in [5, 5.41) is 18.5. The van der Waals surface area contributed by atoms with Crippen LogP contribution in [0.4, 0.5) is 0 Å². The summed E-state index contributed by atoms with van der Waals surface area (Å²) in [5.74, 6) is -1.06. The van der Waals surface area contributed by atoms with Gasteiger partial charge in [-0.1, -0.05) is 49.0 Å². The molecule has 3 aromatic rings. The number of H-pyrrole nitrogens is 1. The zero-order chi connectivity index (χ0) is 23.5. The van der Waals surface area contributed by atoms with Gasteiger partial charge in [0.15, 0.2) is 0 Å². The molecule has 1 aliphatic heterocycles. The molecule has 33 heavy (non-hydrogen) atoms. The van der Waals surface area contributed by atoms with Crippen molar-refractivity contribution < 1.29 is 19.8 Å². The Morgan fingerprint density at radius 3 is 2.42 bits per heavy atom. The molecule has 2 aromatic carbocycles. The number of carbonyl (C=O) groups is 2. The number of fused-ring (bicyclic) bond motifs is 2. The molecule has 2 heterocycles. The fraction of sp³-hybridized carbons (Fsp3) is 0.308. The Labute approximate surface area is 197 Å². The van der Waals surface area contributed by atoms with E-state index in [1.54, 1.807) is 5.56 Å². The van der Waals surface area contributed by atoms with Gasteiger partial charge >= 0.3 is 11.9 Å². The van der Waals surface area contributed by atoms with Crippen LogP contribution in [0.1, 0.15) is 30.4 Å². The summed E-state index contributed by atoms with van der Waals surface area (Å²) in [6.07, 6.45) is 3.60. The second-order valence-electron chi connectivity index (χ2n) is 8.79. The van der Waals surface area contributed by atoms with Crippen molar-refractivity contribution in [3.05, 3.63) is 71.8 Å². The van der Waals surface area contributed by atoms with Crippen molar-refractivity contribution in [2.45, 2.75) is 41.6 Å². The molecule has 2 aliphatic rings. The first-order chi connectivity index (χ1) is 15.8. The number of likely N-dealkylation sites (tertiary alicyclic amines) is 1. The van der Waals surface area contributed by atoms with Gasteiger partial charge < -0.3 is 20.1 Å². The molecular formula is C26H28N2O4S. The number of aromatic nitrogens is 1. The van der Waals surface area contributed by atoms with Gasteiger partial charge in [-0.15, -0.1) is 0 Å². The summed E-state index contributed by atoms with van der Waals surface area (Å²) in [5.41, 5.74) is 4.41. The molecule has 5 rings (SSSR count). The highest BCUT2D eigenvalue weighted by Gasteiger charge is 2.39. The minimum Gasteiger partial charge on any atom is -0.478 e. The number of hydrogen-bond acceptors (Lipinski definition) is 4. The maximum atomic E-state index is 9.55. The molecule has 1 fully saturated rings. The number of aromatic amines is 1. The number of benzene rings is 2. The Bertz CT molecular complexity index is 1170. The van der Waals surface area contributed by atoms with E-state index in [0.717, 1.165) is 5.92 Å². The Hall–Kier alpha value is -3.03. The van der Waals surface area contributed by atoms with Crippen molar-refractivity contribution in [3.63, 3.8) is 0 Å². The van der Waals surface area contributed by atoms with Crippen LogP contribution >= 0.6 is 11.8 Å². The standard InChI is InChI=1S/C22H24N2S.C4H4O4/c1-14-11-17-16-9-6-10-19-21(16)18(12-20(17)24(2)13-14)22(23-19)25-15-7-4-3-5-8-15;5-3(6)1-2-4(7)8/h3-10,14,17,20,23H,11-13H2,1-2H3;1-2H,(H,5,6)(H,7,8)/b;2-1-/t14-,17?,20+;/m0./s1. The highest BCUT2D eigenvalue weighted by molar-refractivity contribution is 7.99. The van der Waals surface area contributed by atoms with Crippen LogP contribution in [-0.4, -0.2) is 51.7 Å². The van der Waals surface area contributed by atoms with Gasteiger partial charge in [-0.3, -0.25) is 0 Å². The van der Waals surface area contributed by atoms with Crippen LogP contribution < -0.4 is 0 Å². The lowest BCUT2D eigenvalue weighted by Crippen LogP contribution is -2.47. The van der Waals surface area contributed by atoms with E-state index in [0.29, 0.717) is 24.1 Å². The minimum atomic E-state index is -1.26. The predicted octanol–water partition coefficient (Wildman–Crippen LogP) is 5.01. The molecule has 172 valence electrons. The molecule has 7 heteroatoms. The third-order valence-corrected chi connectivity index (χ3v) is 7.41. The predicted molar refractivity (Wildman–Crippen MR) is 130 cm³/mol. The highest BCUT2D eigenvalue weighted by Crippen LogP contribution is 2.47. The maximum absolute atomic E-state index is 9.55. The van der Waals surface area contributed by atoms with Crippen molar-refractivity contribution in [2.24, 2.45) is 5.92 Å². The van der Waals surface area contributed by atoms with Crippen molar-refractivity contribution in [3.8, 4) is 0 Å². The summed E-state index contributed by atoms with van der Waals surface area (Å²) in [6, 6.07) is 18.2. The molecule has 3 N–H and O–H groups in total. The number of piperidine rings is 1. The van der Waals surface area contributed by atoms with Crippen LogP contribution in [0.15, 0.2) is 70.6 Å². The highest BCUT2D eigenvalue weighted by atomic mass is 32.2. The number of likely N-dealkylation sites (N-methyl/N-ethyl adjacent to an activating group) is 1. The van der Waals surface area contributed by atoms with Gasteiger partial charge in [0.25, 0.3) is 0 Å². The molecule has 0 amide bonds. The van der Waals surface area contributed by atoms with Gasteiger partial charge in [0.05, 0.1) is 5.03 Å². The van der Waals surface area contributed by atoms with Gasteiger partial charge in [0.1, 0.15) is 0 Å². The van der Waals surface area contributed by atoms with E-state index < -0.39 is 11.9 Å². The fourth-order valence-electron chi connectivity index (χ4n) is 5.10. The molecule has 0 saturated carbocycles. The van der Waals surface area contributed by atoms with Gasteiger partial charge in [-0.2, -0.15) is 0 Å². The lowest BCUT2D eigenvalue weighted by molar-refractivity contribution is -0.134. The van der Waals surface area contributed by atoms with Crippen LogP contribution in [0.25, 0.3) is 10.9 Å². The topological polar surface area (TPSA) is 93.6 Å². The first-order valence-electron chi connectivity index (χ1n) is 11.0. The number of aliphatic carboxylic acids is 2.